The van der Waals surface area contributed by atoms with Gasteiger partial charge in [-0.1, -0.05) is 31.2 Å². The Hall–Kier alpha value is -0.870. The minimum absolute atomic E-state index is 0. The molecule has 0 radical (unpaired) electrons. The van der Waals surface area contributed by atoms with Crippen LogP contribution in [0.2, 0.25) is 0 Å². The van der Waals surface area contributed by atoms with Gasteiger partial charge in [0.2, 0.25) is 10.0 Å². The number of rotatable bonds is 7. The first-order valence-corrected chi connectivity index (χ1v) is 9.19. The molecule has 0 aromatic heterocycles. The quantitative estimate of drug-likeness (QED) is 0.283. The molecule has 0 aliphatic heterocycles. The van der Waals surface area contributed by atoms with Gasteiger partial charge in [0.05, 0.1) is 6.26 Å². The number of nitrogens with zero attached hydrogens (tertiary/aromatic N) is 2. The van der Waals surface area contributed by atoms with E-state index in [9.17, 15) is 8.42 Å². The minimum Gasteiger partial charge on any atom is -0.355 e. The summed E-state index contributed by atoms with van der Waals surface area (Å²) in [6.07, 6.45) is 2.18. The van der Waals surface area contributed by atoms with Crippen molar-refractivity contribution in [2.45, 2.75) is 19.9 Å². The molecule has 0 heterocycles. The summed E-state index contributed by atoms with van der Waals surface area (Å²) in [5.41, 5.74) is 2.53. The van der Waals surface area contributed by atoms with Gasteiger partial charge >= 0.3 is 0 Å². The van der Waals surface area contributed by atoms with Crippen molar-refractivity contribution in [1.82, 2.24) is 14.9 Å². The van der Waals surface area contributed by atoms with Gasteiger partial charge in [0.15, 0.2) is 5.96 Å². The molecule has 0 atom stereocenters. The molecule has 0 spiro atoms. The zero-order valence-corrected chi connectivity index (χ0v) is 17.3. The molecule has 6 nitrogen and oxygen atoms in total. The van der Waals surface area contributed by atoms with E-state index < -0.39 is 10.0 Å². The monoisotopic (exact) mass is 454 g/mol. The SMILES string of the molecule is CCc1ccc(CN(C)C(=NC)NCCNS(C)(=O)=O)cc1.I. The van der Waals surface area contributed by atoms with Gasteiger partial charge in [-0.25, -0.2) is 13.1 Å². The molecule has 0 aliphatic rings. The van der Waals surface area contributed by atoms with E-state index in [0.717, 1.165) is 25.2 Å². The lowest BCUT2D eigenvalue weighted by Crippen LogP contribution is -2.42. The van der Waals surface area contributed by atoms with Crippen molar-refractivity contribution in [1.29, 1.82) is 0 Å². The van der Waals surface area contributed by atoms with E-state index in [-0.39, 0.29) is 24.0 Å². The van der Waals surface area contributed by atoms with Crippen molar-refractivity contribution in [2.24, 2.45) is 4.99 Å². The topological polar surface area (TPSA) is 73.8 Å². The first kappa shape index (κ1) is 22.1. The van der Waals surface area contributed by atoms with Crippen LogP contribution < -0.4 is 10.0 Å². The van der Waals surface area contributed by atoms with Crippen LogP contribution in [-0.4, -0.2) is 52.7 Å². The number of halogens is 1. The van der Waals surface area contributed by atoms with E-state index >= 15 is 0 Å². The second-order valence-electron chi connectivity index (χ2n) is 5.17. The van der Waals surface area contributed by atoms with Gasteiger partial charge in [-0.3, -0.25) is 4.99 Å². The molecule has 1 aromatic carbocycles. The summed E-state index contributed by atoms with van der Waals surface area (Å²) in [6.45, 7) is 3.69. The normalized spacial score (nSPS) is 11.7. The fourth-order valence-corrected chi connectivity index (χ4v) is 2.50. The molecule has 0 saturated carbocycles. The number of hydrogen-bond acceptors (Lipinski definition) is 3. The Kier molecular flexibility index (Phi) is 10.4. The molecular formula is C15H27IN4O2S. The van der Waals surface area contributed by atoms with Crippen molar-refractivity contribution < 1.29 is 8.42 Å². The molecule has 0 unspecified atom stereocenters. The Bertz CT molecular complexity index is 588. The highest BCUT2D eigenvalue weighted by molar-refractivity contribution is 14.0. The van der Waals surface area contributed by atoms with Crippen molar-refractivity contribution in [3.8, 4) is 0 Å². The van der Waals surface area contributed by atoms with E-state index in [1.165, 1.54) is 11.1 Å². The highest BCUT2D eigenvalue weighted by atomic mass is 127. The number of sulfonamides is 1. The van der Waals surface area contributed by atoms with Gasteiger partial charge in [-0.2, -0.15) is 0 Å². The Morgan fingerprint density at radius 3 is 2.22 bits per heavy atom. The average Bonchev–Trinajstić information content (AvgIpc) is 2.47. The maximum absolute atomic E-state index is 11.0. The number of aryl methyl sites for hydroxylation is 1. The molecule has 1 aromatic rings. The summed E-state index contributed by atoms with van der Waals surface area (Å²) < 4.78 is 24.4. The highest BCUT2D eigenvalue weighted by Crippen LogP contribution is 2.07. The predicted molar refractivity (Wildman–Crippen MR) is 107 cm³/mol. The summed E-state index contributed by atoms with van der Waals surface area (Å²) in [7, 11) is 0.515. The standard InChI is InChI=1S/C15H26N4O2S.HI/c1-5-13-6-8-14(9-7-13)12-19(3)15(16-2)17-10-11-18-22(4,20)21;/h6-9,18H,5,10-12H2,1-4H3,(H,16,17);1H. The molecule has 2 N–H and O–H groups in total. The van der Waals surface area contributed by atoms with E-state index in [1.54, 1.807) is 7.05 Å². The molecule has 0 saturated heterocycles. The molecule has 1 rings (SSSR count). The number of benzene rings is 1. The van der Waals surface area contributed by atoms with E-state index in [0.29, 0.717) is 13.1 Å². The van der Waals surface area contributed by atoms with Crippen molar-refractivity contribution in [3.05, 3.63) is 35.4 Å². The van der Waals surface area contributed by atoms with Crippen LogP contribution in [-0.2, 0) is 23.0 Å². The number of aliphatic imine (C=N–C) groups is 1. The van der Waals surface area contributed by atoms with E-state index in [2.05, 4.69) is 46.2 Å². The van der Waals surface area contributed by atoms with Gasteiger partial charge in [0, 0.05) is 33.7 Å². The molecule has 132 valence electrons. The van der Waals surface area contributed by atoms with Crippen LogP contribution in [0.4, 0.5) is 0 Å². The Balaban J connectivity index is 0.00000484. The lowest BCUT2D eigenvalue weighted by molar-refractivity contribution is 0.477. The van der Waals surface area contributed by atoms with Crippen LogP contribution in [0.5, 0.6) is 0 Å². The highest BCUT2D eigenvalue weighted by Gasteiger charge is 2.07. The zero-order valence-electron chi connectivity index (χ0n) is 14.2. The molecule has 8 heteroatoms. The third-order valence-electron chi connectivity index (χ3n) is 3.20. The fourth-order valence-electron chi connectivity index (χ4n) is 2.02. The second-order valence-corrected chi connectivity index (χ2v) is 7.00. The fraction of sp³-hybridized carbons (Fsp3) is 0.533. The lowest BCUT2D eigenvalue weighted by atomic mass is 10.1. The molecule has 0 fully saturated rings. The van der Waals surface area contributed by atoms with E-state index in [1.807, 2.05) is 11.9 Å². The minimum atomic E-state index is -3.15. The number of hydrogen-bond donors (Lipinski definition) is 2. The van der Waals surface area contributed by atoms with Crippen LogP contribution >= 0.6 is 24.0 Å². The van der Waals surface area contributed by atoms with Crippen LogP contribution in [0.1, 0.15) is 18.1 Å². The van der Waals surface area contributed by atoms with Crippen LogP contribution in [0.25, 0.3) is 0 Å². The maximum atomic E-state index is 11.0. The first-order valence-electron chi connectivity index (χ1n) is 7.30. The Morgan fingerprint density at radius 2 is 1.74 bits per heavy atom. The second kappa shape index (κ2) is 10.8. The van der Waals surface area contributed by atoms with Gasteiger partial charge in [-0.15, -0.1) is 24.0 Å². The number of nitrogens with one attached hydrogen (secondary N) is 2. The smallest absolute Gasteiger partial charge is 0.208 e. The Labute approximate surface area is 156 Å². The van der Waals surface area contributed by atoms with Gasteiger partial charge in [-0.05, 0) is 17.5 Å². The lowest BCUT2D eigenvalue weighted by Gasteiger charge is -2.22. The summed E-state index contributed by atoms with van der Waals surface area (Å²) >= 11 is 0. The van der Waals surface area contributed by atoms with Crippen LogP contribution in [0.15, 0.2) is 29.3 Å². The molecular weight excluding hydrogens is 427 g/mol. The predicted octanol–water partition coefficient (Wildman–Crippen LogP) is 1.42. The zero-order chi connectivity index (χ0) is 16.6. The summed E-state index contributed by atoms with van der Waals surface area (Å²) in [5.74, 6) is 0.731. The maximum Gasteiger partial charge on any atom is 0.208 e. The molecule has 0 bridgehead atoms. The Morgan fingerprint density at radius 1 is 1.17 bits per heavy atom. The van der Waals surface area contributed by atoms with Gasteiger partial charge in [0.25, 0.3) is 0 Å². The first-order chi connectivity index (χ1) is 10.4. The van der Waals surface area contributed by atoms with E-state index in [4.69, 9.17) is 0 Å². The summed E-state index contributed by atoms with van der Waals surface area (Å²) in [6, 6.07) is 8.51. The summed E-state index contributed by atoms with van der Waals surface area (Å²) in [4.78, 5) is 6.21. The molecule has 0 amide bonds. The molecule has 23 heavy (non-hydrogen) atoms. The number of guanidine groups is 1. The third kappa shape index (κ3) is 9.11. The van der Waals surface area contributed by atoms with Crippen molar-refractivity contribution in [2.75, 3.05) is 33.4 Å². The van der Waals surface area contributed by atoms with Crippen LogP contribution in [0.3, 0.4) is 0 Å². The van der Waals surface area contributed by atoms with Gasteiger partial charge < -0.3 is 10.2 Å². The van der Waals surface area contributed by atoms with Crippen molar-refractivity contribution in [3.63, 3.8) is 0 Å². The average molecular weight is 454 g/mol. The van der Waals surface area contributed by atoms with Gasteiger partial charge in [0.1, 0.15) is 0 Å². The third-order valence-corrected chi connectivity index (χ3v) is 3.93. The molecule has 0 aliphatic carbocycles. The summed E-state index contributed by atoms with van der Waals surface area (Å²) in [5, 5.41) is 3.13. The van der Waals surface area contributed by atoms with Crippen molar-refractivity contribution >= 4 is 40.0 Å². The van der Waals surface area contributed by atoms with Crippen LogP contribution in [0, 0.1) is 0 Å². The largest absolute Gasteiger partial charge is 0.355 e.